The fourth-order valence-electron chi connectivity index (χ4n) is 2.94. The van der Waals surface area contributed by atoms with Gasteiger partial charge in [0.25, 0.3) is 0 Å². The molecule has 2 aliphatic rings. The van der Waals surface area contributed by atoms with E-state index in [0.29, 0.717) is 25.7 Å². The highest BCUT2D eigenvalue weighted by molar-refractivity contribution is 5.79. The Hall–Kier alpha value is -1.39. The molecule has 0 spiro atoms. The van der Waals surface area contributed by atoms with Gasteiger partial charge in [0.05, 0.1) is 12.6 Å². The van der Waals surface area contributed by atoms with Crippen molar-refractivity contribution in [2.75, 3.05) is 19.6 Å². The van der Waals surface area contributed by atoms with Crippen LogP contribution in [0, 0.1) is 6.92 Å². The van der Waals surface area contributed by atoms with Gasteiger partial charge in [0.15, 0.2) is 0 Å². The molecule has 1 aliphatic carbocycles. The first-order chi connectivity index (χ1) is 10.1. The monoisotopic (exact) mass is 288 g/mol. The number of rotatable bonds is 5. The number of aliphatic hydroxyl groups excluding tert-OH is 1. The van der Waals surface area contributed by atoms with Crippen LogP contribution >= 0.6 is 0 Å². The van der Waals surface area contributed by atoms with Crippen LogP contribution in [0.15, 0.2) is 24.3 Å². The zero-order valence-electron chi connectivity index (χ0n) is 12.7. The molecule has 0 bridgehead atoms. The van der Waals surface area contributed by atoms with Gasteiger partial charge in [0, 0.05) is 25.7 Å². The number of aryl methyl sites for hydroxylation is 1. The average molecular weight is 288 g/mol. The molecule has 0 unspecified atom stereocenters. The molecule has 1 aromatic carbocycles. The van der Waals surface area contributed by atoms with E-state index in [1.165, 1.54) is 11.1 Å². The van der Waals surface area contributed by atoms with E-state index in [4.69, 9.17) is 0 Å². The number of amides is 1. The Balaban J connectivity index is 1.61. The summed E-state index contributed by atoms with van der Waals surface area (Å²) in [5.74, 6) is 0.201. The van der Waals surface area contributed by atoms with Crippen LogP contribution in [0.5, 0.6) is 0 Å². The van der Waals surface area contributed by atoms with E-state index in [-0.39, 0.29) is 12.0 Å². The Labute approximate surface area is 126 Å². The third kappa shape index (κ3) is 3.83. The zero-order chi connectivity index (χ0) is 14.8. The first kappa shape index (κ1) is 14.5. The molecule has 1 aromatic rings. The maximum Gasteiger partial charge on any atom is 0.237 e. The van der Waals surface area contributed by atoms with Gasteiger partial charge in [-0.15, -0.1) is 0 Å². The van der Waals surface area contributed by atoms with Crippen LogP contribution in [-0.4, -0.2) is 52.6 Å². The predicted octanol–water partition coefficient (Wildman–Crippen LogP) is 1.55. The van der Waals surface area contributed by atoms with Gasteiger partial charge in [-0.2, -0.15) is 0 Å². The summed E-state index contributed by atoms with van der Waals surface area (Å²) in [6, 6.07) is 8.84. The fourth-order valence-corrected chi connectivity index (χ4v) is 2.94. The lowest BCUT2D eigenvalue weighted by Crippen LogP contribution is -2.40. The van der Waals surface area contributed by atoms with E-state index in [1.807, 2.05) is 4.90 Å². The molecule has 1 N–H and O–H groups in total. The fraction of sp³-hybridized carbons (Fsp3) is 0.588. The molecule has 4 heteroatoms. The Morgan fingerprint density at radius 2 is 2.00 bits per heavy atom. The molecule has 1 amide bonds. The Morgan fingerprint density at radius 1 is 1.29 bits per heavy atom. The summed E-state index contributed by atoms with van der Waals surface area (Å²) in [5, 5.41) is 9.57. The number of hydrogen-bond donors (Lipinski definition) is 1. The van der Waals surface area contributed by atoms with Crippen molar-refractivity contribution in [1.82, 2.24) is 9.80 Å². The first-order valence-corrected chi connectivity index (χ1v) is 7.87. The average Bonchev–Trinajstić information content (AvgIpc) is 3.21. The number of nitrogens with zero attached hydrogens (tertiary/aromatic N) is 2. The van der Waals surface area contributed by atoms with Crippen LogP contribution in [0.3, 0.4) is 0 Å². The van der Waals surface area contributed by atoms with Gasteiger partial charge in [-0.3, -0.25) is 9.69 Å². The molecule has 1 aliphatic heterocycles. The molecule has 4 nitrogen and oxygen atoms in total. The molecule has 1 saturated heterocycles. The lowest BCUT2D eigenvalue weighted by molar-refractivity contribution is -0.133. The topological polar surface area (TPSA) is 43.8 Å². The maximum absolute atomic E-state index is 12.6. The minimum atomic E-state index is -0.260. The molecule has 21 heavy (non-hydrogen) atoms. The minimum Gasteiger partial charge on any atom is -0.392 e. The number of benzene rings is 1. The second kappa shape index (κ2) is 6.16. The predicted molar refractivity (Wildman–Crippen MR) is 81.8 cm³/mol. The molecule has 0 radical (unpaired) electrons. The van der Waals surface area contributed by atoms with Gasteiger partial charge in [0.1, 0.15) is 0 Å². The van der Waals surface area contributed by atoms with Gasteiger partial charge >= 0.3 is 0 Å². The molecular formula is C17H24N2O2. The van der Waals surface area contributed by atoms with Crippen LogP contribution in [0.25, 0.3) is 0 Å². The van der Waals surface area contributed by atoms with Crippen LogP contribution in [0.2, 0.25) is 0 Å². The molecule has 114 valence electrons. The Morgan fingerprint density at radius 3 is 2.57 bits per heavy atom. The van der Waals surface area contributed by atoms with Crippen molar-refractivity contribution in [2.24, 2.45) is 0 Å². The van der Waals surface area contributed by atoms with Crippen molar-refractivity contribution in [2.45, 2.75) is 44.9 Å². The maximum atomic E-state index is 12.6. The number of carbonyl (C=O) groups is 1. The van der Waals surface area contributed by atoms with Crippen molar-refractivity contribution in [3.8, 4) is 0 Å². The third-order valence-corrected chi connectivity index (χ3v) is 4.39. The number of hydrogen-bond acceptors (Lipinski definition) is 3. The summed E-state index contributed by atoms with van der Waals surface area (Å²) in [6.45, 7) is 4.69. The molecule has 0 aromatic heterocycles. The Kier molecular flexibility index (Phi) is 4.27. The lowest BCUT2D eigenvalue weighted by atomic mass is 10.1. The smallest absolute Gasteiger partial charge is 0.237 e. The summed E-state index contributed by atoms with van der Waals surface area (Å²) in [5.41, 5.74) is 2.44. The second-order valence-electron chi connectivity index (χ2n) is 6.42. The van der Waals surface area contributed by atoms with Crippen molar-refractivity contribution in [3.63, 3.8) is 0 Å². The van der Waals surface area contributed by atoms with E-state index in [0.717, 1.165) is 25.8 Å². The summed E-state index contributed by atoms with van der Waals surface area (Å²) in [4.78, 5) is 16.7. The number of aliphatic hydroxyl groups is 1. The standard InChI is InChI=1S/C17H24N2O2/c1-13-2-4-14(5-3-13)10-19(15-6-7-15)17(21)12-18-9-8-16(20)11-18/h2-5,15-16,20H,6-12H2,1H3/t16-/m0/s1. The second-order valence-corrected chi connectivity index (χ2v) is 6.42. The molecule has 1 heterocycles. The normalized spacial score (nSPS) is 22.5. The first-order valence-electron chi connectivity index (χ1n) is 7.87. The summed E-state index contributed by atoms with van der Waals surface area (Å²) in [7, 11) is 0. The number of β-amino-alcohol motifs (C(OH)–C–C–N with tert-alkyl or cyclic N) is 1. The highest BCUT2D eigenvalue weighted by Crippen LogP contribution is 2.28. The number of carbonyl (C=O) groups excluding carboxylic acids is 1. The quantitative estimate of drug-likeness (QED) is 0.894. The summed E-state index contributed by atoms with van der Waals surface area (Å²) >= 11 is 0. The molecular weight excluding hydrogens is 264 g/mol. The van der Waals surface area contributed by atoms with Gasteiger partial charge in [-0.1, -0.05) is 29.8 Å². The van der Waals surface area contributed by atoms with Crippen molar-refractivity contribution >= 4 is 5.91 Å². The summed E-state index contributed by atoms with van der Waals surface area (Å²) < 4.78 is 0. The third-order valence-electron chi connectivity index (χ3n) is 4.39. The molecule has 1 saturated carbocycles. The van der Waals surface area contributed by atoms with E-state index in [2.05, 4.69) is 36.1 Å². The van der Waals surface area contributed by atoms with Crippen LogP contribution in [0.4, 0.5) is 0 Å². The molecule has 2 fully saturated rings. The van der Waals surface area contributed by atoms with Crippen LogP contribution in [-0.2, 0) is 11.3 Å². The lowest BCUT2D eigenvalue weighted by Gasteiger charge is -2.25. The molecule has 1 atom stereocenters. The highest BCUT2D eigenvalue weighted by Gasteiger charge is 2.34. The van der Waals surface area contributed by atoms with Crippen molar-refractivity contribution in [1.29, 1.82) is 0 Å². The van der Waals surface area contributed by atoms with Gasteiger partial charge < -0.3 is 10.0 Å². The number of likely N-dealkylation sites (tertiary alicyclic amines) is 1. The van der Waals surface area contributed by atoms with Crippen LogP contribution < -0.4 is 0 Å². The van der Waals surface area contributed by atoms with Gasteiger partial charge in [-0.25, -0.2) is 0 Å². The Bertz CT molecular complexity index is 496. The van der Waals surface area contributed by atoms with E-state index < -0.39 is 0 Å². The van der Waals surface area contributed by atoms with Gasteiger partial charge in [-0.05, 0) is 31.7 Å². The van der Waals surface area contributed by atoms with E-state index in [9.17, 15) is 9.90 Å². The molecule has 3 rings (SSSR count). The van der Waals surface area contributed by atoms with Crippen LogP contribution in [0.1, 0.15) is 30.4 Å². The van der Waals surface area contributed by atoms with Crippen molar-refractivity contribution in [3.05, 3.63) is 35.4 Å². The van der Waals surface area contributed by atoms with Gasteiger partial charge in [0.2, 0.25) is 5.91 Å². The minimum absolute atomic E-state index is 0.201. The largest absolute Gasteiger partial charge is 0.392 e. The zero-order valence-corrected chi connectivity index (χ0v) is 12.7. The van der Waals surface area contributed by atoms with E-state index >= 15 is 0 Å². The van der Waals surface area contributed by atoms with E-state index in [1.54, 1.807) is 0 Å². The van der Waals surface area contributed by atoms with Crippen molar-refractivity contribution < 1.29 is 9.90 Å². The summed E-state index contributed by atoms with van der Waals surface area (Å²) in [6.07, 6.45) is 2.78. The SMILES string of the molecule is Cc1ccc(CN(C(=O)CN2CC[C@H](O)C2)C2CC2)cc1. The highest BCUT2D eigenvalue weighted by atomic mass is 16.3.